The summed E-state index contributed by atoms with van der Waals surface area (Å²) in [5, 5.41) is 16.1. The van der Waals surface area contributed by atoms with E-state index >= 15 is 0 Å². The minimum Gasteiger partial charge on any atom is -0.480 e. The zero-order chi connectivity index (χ0) is 15.7. The molecule has 0 aliphatic carbocycles. The van der Waals surface area contributed by atoms with Crippen LogP contribution < -0.4 is 10.5 Å². The van der Waals surface area contributed by atoms with Crippen molar-refractivity contribution in [3.05, 3.63) is 27.7 Å². The maximum absolute atomic E-state index is 12.0. The molecule has 1 atom stereocenters. The number of aliphatic carboxylic acids is 1. The van der Waals surface area contributed by atoms with Gasteiger partial charge in [0.15, 0.2) is 0 Å². The molecule has 110 valence electrons. The normalized spacial score (nSPS) is 12.8. The predicted octanol–water partition coefficient (Wildman–Crippen LogP) is 0.608. The van der Waals surface area contributed by atoms with Crippen LogP contribution in [0.5, 0.6) is 0 Å². The van der Waals surface area contributed by atoms with Gasteiger partial charge >= 0.3 is 5.97 Å². The highest BCUT2D eigenvalue weighted by Gasteiger charge is 2.21. The first-order chi connectivity index (χ1) is 9.04. The van der Waals surface area contributed by atoms with Crippen molar-refractivity contribution in [2.75, 3.05) is 0 Å². The lowest BCUT2D eigenvalue weighted by molar-refractivity contribution is -0.138. The maximum Gasteiger partial charge on any atom is 0.325 e. The summed E-state index contributed by atoms with van der Waals surface area (Å²) in [6, 6.07) is 1.58. The van der Waals surface area contributed by atoms with Gasteiger partial charge in [0.25, 0.3) is 5.91 Å². The number of carbonyl (C=O) groups is 2. The summed E-state index contributed by atoms with van der Waals surface area (Å²) in [6.07, 6.45) is 0. The van der Waals surface area contributed by atoms with Crippen molar-refractivity contribution in [1.29, 1.82) is 0 Å². The standard InChI is InChI=1S/C11H13BrN2O5S/c1-5-8(10(15)14-6(2)11(16)17)3-7(12)4-9(5)20(13,18)19/h3-4,6H,1-2H3,(H,14,15)(H,16,17)(H2,13,18,19)/t6-/m0/s1. The van der Waals surface area contributed by atoms with E-state index in [9.17, 15) is 18.0 Å². The summed E-state index contributed by atoms with van der Waals surface area (Å²) >= 11 is 3.09. The number of nitrogens with one attached hydrogen (secondary N) is 1. The number of sulfonamides is 1. The van der Waals surface area contributed by atoms with Crippen molar-refractivity contribution in [3.63, 3.8) is 0 Å². The number of carbonyl (C=O) groups excluding carboxylic acids is 1. The van der Waals surface area contributed by atoms with Crippen LogP contribution in [0.15, 0.2) is 21.5 Å². The summed E-state index contributed by atoms with van der Waals surface area (Å²) in [5.41, 5.74) is 0.197. The topological polar surface area (TPSA) is 127 Å². The van der Waals surface area contributed by atoms with Crippen molar-refractivity contribution in [1.82, 2.24) is 5.32 Å². The third-order valence-corrected chi connectivity index (χ3v) is 4.09. The molecule has 1 aromatic rings. The molecule has 0 aliphatic rings. The lowest BCUT2D eigenvalue weighted by atomic mass is 10.1. The van der Waals surface area contributed by atoms with Crippen LogP contribution in [0.25, 0.3) is 0 Å². The number of carboxylic acid groups (broad SMARTS) is 1. The van der Waals surface area contributed by atoms with E-state index in [1.165, 1.54) is 26.0 Å². The second-order valence-electron chi connectivity index (χ2n) is 4.15. The molecule has 1 aromatic carbocycles. The Morgan fingerprint density at radius 1 is 1.40 bits per heavy atom. The van der Waals surface area contributed by atoms with Crippen molar-refractivity contribution in [2.45, 2.75) is 24.8 Å². The number of halogens is 1. The number of primary sulfonamides is 1. The number of carboxylic acids is 1. The monoisotopic (exact) mass is 364 g/mol. The van der Waals surface area contributed by atoms with Gasteiger partial charge in [0, 0.05) is 10.0 Å². The van der Waals surface area contributed by atoms with Gasteiger partial charge in [-0.15, -0.1) is 0 Å². The van der Waals surface area contributed by atoms with Crippen LogP contribution in [-0.2, 0) is 14.8 Å². The lowest BCUT2D eigenvalue weighted by Crippen LogP contribution is -2.38. The van der Waals surface area contributed by atoms with Gasteiger partial charge in [0.05, 0.1) is 4.90 Å². The highest BCUT2D eigenvalue weighted by atomic mass is 79.9. The molecule has 9 heteroatoms. The van der Waals surface area contributed by atoms with Crippen molar-refractivity contribution in [3.8, 4) is 0 Å². The quantitative estimate of drug-likeness (QED) is 0.721. The molecule has 0 saturated heterocycles. The molecule has 0 fully saturated rings. The van der Waals surface area contributed by atoms with Crippen molar-refractivity contribution >= 4 is 37.8 Å². The lowest BCUT2D eigenvalue weighted by Gasteiger charge is -2.13. The van der Waals surface area contributed by atoms with Gasteiger partial charge in [-0.1, -0.05) is 15.9 Å². The maximum atomic E-state index is 12.0. The average Bonchev–Trinajstić information content (AvgIpc) is 2.29. The molecule has 0 bridgehead atoms. The Morgan fingerprint density at radius 3 is 2.40 bits per heavy atom. The molecule has 0 heterocycles. The highest BCUT2D eigenvalue weighted by molar-refractivity contribution is 9.10. The number of nitrogens with two attached hydrogens (primary N) is 1. The summed E-state index contributed by atoms with van der Waals surface area (Å²) < 4.78 is 23.2. The molecule has 0 radical (unpaired) electrons. The van der Waals surface area contributed by atoms with E-state index in [1.807, 2.05) is 0 Å². The first-order valence-electron chi connectivity index (χ1n) is 5.40. The second kappa shape index (κ2) is 5.90. The fraction of sp³-hybridized carbons (Fsp3) is 0.273. The summed E-state index contributed by atoms with van der Waals surface area (Å²) in [7, 11) is -3.98. The Bertz CT molecular complexity index is 672. The molecule has 0 aliphatic heterocycles. The van der Waals surface area contributed by atoms with E-state index in [-0.39, 0.29) is 16.0 Å². The van der Waals surface area contributed by atoms with Crippen molar-refractivity contribution < 1.29 is 23.1 Å². The number of hydrogen-bond acceptors (Lipinski definition) is 4. The minimum absolute atomic E-state index is 0.0384. The van der Waals surface area contributed by atoms with Crippen LogP contribution in [0.1, 0.15) is 22.8 Å². The van der Waals surface area contributed by atoms with Crippen molar-refractivity contribution in [2.24, 2.45) is 5.14 Å². The van der Waals surface area contributed by atoms with Gasteiger partial charge in [-0.3, -0.25) is 9.59 Å². The fourth-order valence-electron chi connectivity index (χ4n) is 1.52. The molecule has 0 saturated carbocycles. The van der Waals surface area contributed by atoms with Crippen LogP contribution >= 0.6 is 15.9 Å². The molecular weight excluding hydrogens is 352 g/mol. The van der Waals surface area contributed by atoms with E-state index in [2.05, 4.69) is 21.2 Å². The third kappa shape index (κ3) is 3.78. The molecule has 0 spiro atoms. The molecule has 0 unspecified atom stereocenters. The van der Waals surface area contributed by atoms with Gasteiger partial charge in [0.1, 0.15) is 6.04 Å². The Labute approximate surface area is 124 Å². The largest absolute Gasteiger partial charge is 0.480 e. The van der Waals surface area contributed by atoms with Crippen LogP contribution in [-0.4, -0.2) is 31.4 Å². The third-order valence-electron chi connectivity index (χ3n) is 2.59. The predicted molar refractivity (Wildman–Crippen MR) is 74.8 cm³/mol. The summed E-state index contributed by atoms with van der Waals surface area (Å²) in [4.78, 5) is 22.5. The van der Waals surface area contributed by atoms with Crippen LogP contribution in [0.3, 0.4) is 0 Å². The zero-order valence-electron chi connectivity index (χ0n) is 10.7. The Morgan fingerprint density at radius 2 is 1.95 bits per heavy atom. The number of benzene rings is 1. The first kappa shape index (κ1) is 16.6. The van der Waals surface area contributed by atoms with Crippen LogP contribution in [0, 0.1) is 6.92 Å². The second-order valence-corrected chi connectivity index (χ2v) is 6.60. The van der Waals surface area contributed by atoms with Crippen LogP contribution in [0.2, 0.25) is 0 Å². The zero-order valence-corrected chi connectivity index (χ0v) is 13.1. The average molecular weight is 365 g/mol. The van der Waals surface area contributed by atoms with Gasteiger partial charge in [-0.25, -0.2) is 13.6 Å². The molecule has 1 rings (SSSR count). The number of amides is 1. The van der Waals surface area contributed by atoms with Crippen LogP contribution in [0.4, 0.5) is 0 Å². The van der Waals surface area contributed by atoms with Gasteiger partial charge < -0.3 is 10.4 Å². The van der Waals surface area contributed by atoms with Gasteiger partial charge in [0.2, 0.25) is 10.0 Å². The van der Waals surface area contributed by atoms with Gasteiger partial charge in [-0.05, 0) is 31.5 Å². The molecular formula is C11H13BrN2O5S. The molecule has 4 N–H and O–H groups in total. The summed E-state index contributed by atoms with van der Waals surface area (Å²) in [6.45, 7) is 2.72. The number of rotatable bonds is 4. The minimum atomic E-state index is -3.98. The van der Waals surface area contributed by atoms with E-state index < -0.39 is 27.9 Å². The fourth-order valence-corrected chi connectivity index (χ4v) is 2.96. The molecule has 1 amide bonds. The summed E-state index contributed by atoms with van der Waals surface area (Å²) in [5.74, 6) is -1.89. The first-order valence-corrected chi connectivity index (χ1v) is 7.74. The molecule has 0 aromatic heterocycles. The Hall–Kier alpha value is -1.45. The van der Waals surface area contributed by atoms with E-state index in [1.54, 1.807) is 0 Å². The van der Waals surface area contributed by atoms with E-state index in [4.69, 9.17) is 10.2 Å². The highest BCUT2D eigenvalue weighted by Crippen LogP contribution is 2.24. The smallest absolute Gasteiger partial charge is 0.325 e. The Kier molecular flexibility index (Phi) is 4.90. The Balaban J connectivity index is 3.30. The molecule has 7 nitrogen and oxygen atoms in total. The molecule has 20 heavy (non-hydrogen) atoms. The number of hydrogen-bond donors (Lipinski definition) is 3. The SMILES string of the molecule is Cc1c(C(=O)N[C@@H](C)C(=O)O)cc(Br)cc1S(N)(=O)=O. The van der Waals surface area contributed by atoms with E-state index in [0.717, 1.165) is 0 Å². The van der Waals surface area contributed by atoms with Gasteiger partial charge in [-0.2, -0.15) is 0 Å². The van der Waals surface area contributed by atoms with E-state index in [0.29, 0.717) is 4.47 Å².